The number of hydrogen-bond acceptors (Lipinski definition) is 3. The Morgan fingerprint density at radius 3 is 2.52 bits per heavy atom. The summed E-state index contributed by atoms with van der Waals surface area (Å²) in [6.45, 7) is 6.46. The highest BCUT2D eigenvalue weighted by atomic mass is 16.5. The molecule has 0 radical (unpaired) electrons. The first kappa shape index (κ1) is 17.3. The van der Waals surface area contributed by atoms with Gasteiger partial charge >= 0.3 is 5.97 Å². The van der Waals surface area contributed by atoms with Crippen LogP contribution in [0.25, 0.3) is 0 Å². The maximum Gasteiger partial charge on any atom is 0.312 e. The van der Waals surface area contributed by atoms with Crippen LogP contribution >= 0.6 is 0 Å². The third kappa shape index (κ3) is 3.31. The minimum atomic E-state index is -0.826. The average molecular weight is 341 g/mol. The Morgan fingerprint density at radius 1 is 1.24 bits per heavy atom. The summed E-state index contributed by atoms with van der Waals surface area (Å²) in [6, 6.07) is 8.96. The van der Waals surface area contributed by atoms with Crippen LogP contribution in [0.3, 0.4) is 0 Å². The zero-order valence-corrected chi connectivity index (χ0v) is 14.8. The zero-order valence-electron chi connectivity index (χ0n) is 14.8. The molecule has 0 spiro atoms. The number of aryl methyl sites for hydroxylation is 1. The second kappa shape index (κ2) is 6.75. The number of carbonyl (C=O) groups excluding carboxylic acids is 1. The number of carboxylic acids is 1. The van der Waals surface area contributed by atoms with Crippen molar-refractivity contribution in [2.45, 2.75) is 52.2 Å². The molecular formula is C20H23NO4. The van der Waals surface area contributed by atoms with Gasteiger partial charge in [0.05, 0.1) is 17.7 Å². The minimum absolute atomic E-state index is 0.0779. The fraction of sp³-hybridized carbons (Fsp3) is 0.400. The Hall–Kier alpha value is -2.56. The first-order valence-corrected chi connectivity index (χ1v) is 8.62. The van der Waals surface area contributed by atoms with Crippen molar-refractivity contribution in [1.29, 1.82) is 0 Å². The number of hydrogen-bond donors (Lipinski definition) is 1. The molecule has 1 unspecified atom stereocenters. The lowest BCUT2D eigenvalue weighted by Crippen LogP contribution is -2.24. The molecule has 0 saturated carbocycles. The van der Waals surface area contributed by atoms with E-state index >= 15 is 0 Å². The summed E-state index contributed by atoms with van der Waals surface area (Å²) in [5.74, 6) is -0.708. The molecule has 0 saturated heterocycles. The van der Waals surface area contributed by atoms with Crippen LogP contribution in [0, 0.1) is 6.92 Å². The lowest BCUT2D eigenvalue weighted by molar-refractivity contribution is -0.139. The molecule has 1 aliphatic heterocycles. The van der Waals surface area contributed by atoms with Gasteiger partial charge in [0.1, 0.15) is 5.75 Å². The van der Waals surface area contributed by atoms with E-state index in [4.69, 9.17) is 4.74 Å². The Labute approximate surface area is 147 Å². The van der Waals surface area contributed by atoms with Gasteiger partial charge in [-0.1, -0.05) is 0 Å². The van der Waals surface area contributed by atoms with Gasteiger partial charge in [0, 0.05) is 17.8 Å². The third-order valence-electron chi connectivity index (χ3n) is 4.55. The fourth-order valence-corrected chi connectivity index (χ4v) is 3.49. The predicted molar refractivity (Wildman–Crippen MR) is 94.4 cm³/mol. The van der Waals surface area contributed by atoms with E-state index < -0.39 is 11.9 Å². The summed E-state index contributed by atoms with van der Waals surface area (Å²) in [5.41, 5.74) is 2.74. The van der Waals surface area contributed by atoms with Crippen molar-refractivity contribution >= 4 is 11.8 Å². The van der Waals surface area contributed by atoms with E-state index in [1.54, 1.807) is 24.3 Å². The van der Waals surface area contributed by atoms with E-state index in [0.717, 1.165) is 23.4 Å². The highest BCUT2D eigenvalue weighted by molar-refractivity contribution is 6.09. The van der Waals surface area contributed by atoms with Gasteiger partial charge in [-0.3, -0.25) is 9.59 Å². The van der Waals surface area contributed by atoms with Crippen LogP contribution in [-0.2, 0) is 11.3 Å². The summed E-state index contributed by atoms with van der Waals surface area (Å²) >= 11 is 0. The molecule has 25 heavy (non-hydrogen) atoms. The summed E-state index contributed by atoms with van der Waals surface area (Å²) in [4.78, 5) is 24.5. The molecule has 1 aromatic heterocycles. The molecular weight excluding hydrogens is 318 g/mol. The van der Waals surface area contributed by atoms with Gasteiger partial charge in [0.25, 0.3) is 0 Å². The highest BCUT2D eigenvalue weighted by Crippen LogP contribution is 2.32. The van der Waals surface area contributed by atoms with Crippen LogP contribution in [0.1, 0.15) is 59.9 Å². The number of carboxylic acid groups (broad SMARTS) is 1. The molecule has 1 aliphatic rings. The van der Waals surface area contributed by atoms with E-state index in [-0.39, 0.29) is 11.9 Å². The molecule has 0 bridgehead atoms. The van der Waals surface area contributed by atoms with Gasteiger partial charge in [0.15, 0.2) is 0 Å². The van der Waals surface area contributed by atoms with Gasteiger partial charge in [-0.2, -0.15) is 0 Å². The van der Waals surface area contributed by atoms with Crippen LogP contribution < -0.4 is 4.74 Å². The Bertz CT molecular complexity index is 802. The second-order valence-electron chi connectivity index (χ2n) is 6.81. The normalized spacial score (nSPS) is 16.6. The van der Waals surface area contributed by atoms with Gasteiger partial charge < -0.3 is 14.4 Å². The molecule has 2 aromatic rings. The molecule has 0 amide bonds. The van der Waals surface area contributed by atoms with Gasteiger partial charge in [-0.05, 0) is 69.5 Å². The maximum atomic E-state index is 13.0. The SMILES string of the molecule is Cc1cc2n(c1C(=O)c1ccc(OC(C)C)cc1)CCCC2C(=O)O. The van der Waals surface area contributed by atoms with Gasteiger partial charge in [0.2, 0.25) is 5.78 Å². The number of nitrogens with zero attached hydrogens (tertiary/aromatic N) is 1. The molecule has 2 heterocycles. The number of aromatic nitrogens is 1. The number of carbonyl (C=O) groups is 2. The van der Waals surface area contributed by atoms with E-state index in [9.17, 15) is 14.7 Å². The molecule has 0 fully saturated rings. The first-order valence-electron chi connectivity index (χ1n) is 8.62. The lowest BCUT2D eigenvalue weighted by Gasteiger charge is -2.23. The molecule has 0 aliphatic carbocycles. The summed E-state index contributed by atoms with van der Waals surface area (Å²) < 4.78 is 7.50. The Morgan fingerprint density at radius 2 is 1.92 bits per heavy atom. The number of ether oxygens (including phenoxy) is 1. The first-order chi connectivity index (χ1) is 11.9. The number of ketones is 1. The van der Waals surface area contributed by atoms with Crippen molar-refractivity contribution in [3.8, 4) is 5.75 Å². The number of aliphatic carboxylic acids is 1. The predicted octanol–water partition coefficient (Wildman–Crippen LogP) is 3.78. The molecule has 5 heteroatoms. The van der Waals surface area contributed by atoms with Crippen molar-refractivity contribution in [3.05, 3.63) is 52.8 Å². The Balaban J connectivity index is 1.94. The van der Waals surface area contributed by atoms with E-state index in [0.29, 0.717) is 24.2 Å². The largest absolute Gasteiger partial charge is 0.491 e. The van der Waals surface area contributed by atoms with Crippen molar-refractivity contribution in [2.75, 3.05) is 0 Å². The molecule has 1 atom stereocenters. The summed E-state index contributed by atoms with van der Waals surface area (Å²) in [7, 11) is 0. The number of rotatable bonds is 5. The van der Waals surface area contributed by atoms with Crippen molar-refractivity contribution in [1.82, 2.24) is 4.57 Å². The average Bonchev–Trinajstić information content (AvgIpc) is 2.89. The molecule has 3 rings (SSSR count). The van der Waals surface area contributed by atoms with Gasteiger partial charge in [-0.25, -0.2) is 0 Å². The van der Waals surface area contributed by atoms with Crippen LogP contribution in [0.2, 0.25) is 0 Å². The third-order valence-corrected chi connectivity index (χ3v) is 4.55. The summed E-state index contributed by atoms with van der Waals surface area (Å²) in [5, 5.41) is 9.43. The summed E-state index contributed by atoms with van der Waals surface area (Å²) in [6.07, 6.45) is 1.46. The number of benzene rings is 1. The van der Waals surface area contributed by atoms with Crippen LogP contribution in [0.5, 0.6) is 5.75 Å². The standard InChI is InChI=1S/C20H23NO4/c1-12(2)25-15-8-6-14(7-9-15)19(22)18-13(3)11-17-16(20(23)24)5-4-10-21(17)18/h6-9,11-12,16H,4-5,10H2,1-3H3,(H,23,24). The minimum Gasteiger partial charge on any atom is -0.491 e. The molecule has 1 aromatic carbocycles. The molecule has 1 N–H and O–H groups in total. The van der Waals surface area contributed by atoms with Crippen molar-refractivity contribution in [2.24, 2.45) is 0 Å². The second-order valence-corrected chi connectivity index (χ2v) is 6.81. The fourth-order valence-electron chi connectivity index (χ4n) is 3.49. The van der Waals surface area contributed by atoms with Crippen LogP contribution in [0.15, 0.2) is 30.3 Å². The monoisotopic (exact) mass is 341 g/mol. The van der Waals surface area contributed by atoms with E-state index in [2.05, 4.69) is 0 Å². The zero-order chi connectivity index (χ0) is 18.1. The van der Waals surface area contributed by atoms with Crippen molar-refractivity contribution in [3.63, 3.8) is 0 Å². The quantitative estimate of drug-likeness (QED) is 0.841. The van der Waals surface area contributed by atoms with Crippen molar-refractivity contribution < 1.29 is 19.4 Å². The highest BCUT2D eigenvalue weighted by Gasteiger charge is 2.31. The van der Waals surface area contributed by atoms with E-state index in [1.165, 1.54) is 0 Å². The molecule has 132 valence electrons. The van der Waals surface area contributed by atoms with E-state index in [1.807, 2.05) is 31.4 Å². The van der Waals surface area contributed by atoms with Crippen LogP contribution in [-0.4, -0.2) is 27.5 Å². The van der Waals surface area contributed by atoms with Gasteiger partial charge in [-0.15, -0.1) is 0 Å². The lowest BCUT2D eigenvalue weighted by atomic mass is 9.96. The number of fused-ring (bicyclic) bond motifs is 1. The maximum absolute atomic E-state index is 13.0. The Kier molecular flexibility index (Phi) is 4.66. The molecule has 5 nitrogen and oxygen atoms in total. The smallest absolute Gasteiger partial charge is 0.312 e. The topological polar surface area (TPSA) is 68.5 Å². The van der Waals surface area contributed by atoms with Crippen LogP contribution in [0.4, 0.5) is 0 Å².